The van der Waals surface area contributed by atoms with Gasteiger partial charge in [0.2, 0.25) is 0 Å². The fourth-order valence-electron chi connectivity index (χ4n) is 2.00. The maximum absolute atomic E-state index is 13.6. The van der Waals surface area contributed by atoms with E-state index in [1.165, 1.54) is 19.1 Å². The summed E-state index contributed by atoms with van der Waals surface area (Å²) in [6, 6.07) is 3.87. The number of aliphatic hydroxyl groups excluding tert-OH is 2. The van der Waals surface area contributed by atoms with Crippen molar-refractivity contribution in [3.63, 3.8) is 0 Å². The predicted octanol–water partition coefficient (Wildman–Crippen LogP) is 0.416. The number of hydrogen-bond acceptors (Lipinski definition) is 5. The molecule has 7 heteroatoms. The normalized spacial score (nSPS) is 27.2. The number of hydrogen-bond donors (Lipinski definition) is 2. The Hall–Kier alpha value is -1.18. The zero-order valence-electron chi connectivity index (χ0n) is 10.3. The second kappa shape index (κ2) is 5.07. The van der Waals surface area contributed by atoms with E-state index in [9.17, 15) is 23.0 Å². The standard InChI is InChI=1S/C12H15FO5S/c1-7(14)9-3-2-8(4-10(9)13)18-12-6-19(16,17)5-11(12)15/h2-4,7,11-12,14-15H,5-6H2,1H3/t7-,11?,12?/m1/s1. The van der Waals surface area contributed by atoms with Crippen molar-refractivity contribution in [3.05, 3.63) is 29.6 Å². The van der Waals surface area contributed by atoms with Crippen molar-refractivity contribution in [3.8, 4) is 5.75 Å². The quantitative estimate of drug-likeness (QED) is 0.842. The van der Waals surface area contributed by atoms with Gasteiger partial charge in [-0.1, -0.05) is 0 Å². The number of benzene rings is 1. The van der Waals surface area contributed by atoms with Crippen molar-refractivity contribution in [2.24, 2.45) is 0 Å². The monoisotopic (exact) mass is 290 g/mol. The second-order valence-corrected chi connectivity index (χ2v) is 6.81. The van der Waals surface area contributed by atoms with Gasteiger partial charge in [0.25, 0.3) is 0 Å². The van der Waals surface area contributed by atoms with Crippen LogP contribution in [0, 0.1) is 5.82 Å². The Morgan fingerprint density at radius 1 is 1.42 bits per heavy atom. The lowest BCUT2D eigenvalue weighted by atomic mass is 10.1. The summed E-state index contributed by atoms with van der Waals surface area (Å²) < 4.78 is 41.5. The van der Waals surface area contributed by atoms with E-state index in [1.807, 2.05) is 0 Å². The van der Waals surface area contributed by atoms with Gasteiger partial charge in [-0.15, -0.1) is 0 Å². The summed E-state index contributed by atoms with van der Waals surface area (Å²) in [4.78, 5) is 0. The van der Waals surface area contributed by atoms with Crippen LogP contribution in [0.25, 0.3) is 0 Å². The molecule has 19 heavy (non-hydrogen) atoms. The minimum absolute atomic E-state index is 0.128. The summed E-state index contributed by atoms with van der Waals surface area (Å²) in [5.41, 5.74) is 0.131. The molecular weight excluding hydrogens is 275 g/mol. The molecular formula is C12H15FO5S. The molecule has 1 aliphatic heterocycles. The molecule has 2 unspecified atom stereocenters. The zero-order chi connectivity index (χ0) is 14.2. The average molecular weight is 290 g/mol. The molecule has 1 saturated heterocycles. The zero-order valence-corrected chi connectivity index (χ0v) is 11.1. The van der Waals surface area contributed by atoms with Gasteiger partial charge in [-0.2, -0.15) is 0 Å². The number of ether oxygens (including phenoxy) is 1. The maximum atomic E-state index is 13.6. The molecule has 5 nitrogen and oxygen atoms in total. The van der Waals surface area contributed by atoms with E-state index < -0.39 is 34.0 Å². The average Bonchev–Trinajstić information content (AvgIpc) is 2.51. The first-order valence-corrected chi connectivity index (χ1v) is 7.63. The van der Waals surface area contributed by atoms with Crippen LogP contribution >= 0.6 is 0 Å². The highest BCUT2D eigenvalue weighted by molar-refractivity contribution is 7.91. The molecule has 1 aromatic carbocycles. The summed E-state index contributed by atoms with van der Waals surface area (Å²) in [6.07, 6.45) is -2.93. The van der Waals surface area contributed by atoms with Gasteiger partial charge in [0.15, 0.2) is 9.84 Å². The molecule has 0 saturated carbocycles. The van der Waals surface area contributed by atoms with Gasteiger partial charge >= 0.3 is 0 Å². The van der Waals surface area contributed by atoms with Crippen molar-refractivity contribution in [2.45, 2.75) is 25.2 Å². The SMILES string of the molecule is C[C@@H](O)c1ccc(OC2CS(=O)(=O)CC2O)cc1F. The van der Waals surface area contributed by atoms with E-state index in [-0.39, 0.29) is 22.8 Å². The van der Waals surface area contributed by atoms with Crippen LogP contribution in [-0.2, 0) is 9.84 Å². The second-order valence-electron chi connectivity index (χ2n) is 4.66. The Bertz CT molecular complexity index is 569. The third kappa shape index (κ3) is 3.23. The molecule has 1 fully saturated rings. The molecule has 0 amide bonds. The van der Waals surface area contributed by atoms with Crippen LogP contribution in [-0.4, -0.2) is 42.3 Å². The van der Waals surface area contributed by atoms with Crippen LogP contribution in [0.5, 0.6) is 5.75 Å². The number of rotatable bonds is 3. The van der Waals surface area contributed by atoms with E-state index >= 15 is 0 Å². The first-order chi connectivity index (χ1) is 8.78. The fraction of sp³-hybridized carbons (Fsp3) is 0.500. The van der Waals surface area contributed by atoms with E-state index in [1.54, 1.807) is 0 Å². The largest absolute Gasteiger partial charge is 0.487 e. The molecule has 106 valence electrons. The topological polar surface area (TPSA) is 83.8 Å². The summed E-state index contributed by atoms with van der Waals surface area (Å²) in [7, 11) is -3.31. The highest BCUT2D eigenvalue weighted by Gasteiger charge is 2.38. The van der Waals surface area contributed by atoms with Gasteiger partial charge in [-0.05, 0) is 19.1 Å². The fourth-order valence-corrected chi connectivity index (χ4v) is 3.67. The third-order valence-corrected chi connectivity index (χ3v) is 4.67. The van der Waals surface area contributed by atoms with Gasteiger partial charge in [0, 0.05) is 11.6 Å². The molecule has 0 spiro atoms. The van der Waals surface area contributed by atoms with Gasteiger partial charge in [-0.3, -0.25) is 0 Å². The smallest absolute Gasteiger partial charge is 0.156 e. The van der Waals surface area contributed by atoms with Crippen LogP contribution in [0.4, 0.5) is 4.39 Å². The Kier molecular flexibility index (Phi) is 3.80. The van der Waals surface area contributed by atoms with Crippen LogP contribution in [0.2, 0.25) is 0 Å². The molecule has 3 atom stereocenters. The lowest BCUT2D eigenvalue weighted by Crippen LogP contribution is -2.29. The molecule has 0 aliphatic carbocycles. The Balaban J connectivity index is 2.14. The minimum atomic E-state index is -3.31. The molecule has 1 heterocycles. The van der Waals surface area contributed by atoms with Crippen molar-refractivity contribution in [1.82, 2.24) is 0 Å². The summed E-state index contributed by atoms with van der Waals surface area (Å²) in [5, 5.41) is 18.9. The Morgan fingerprint density at radius 2 is 2.11 bits per heavy atom. The highest BCUT2D eigenvalue weighted by Crippen LogP contribution is 2.25. The first-order valence-electron chi connectivity index (χ1n) is 5.81. The van der Waals surface area contributed by atoms with Gasteiger partial charge in [0.1, 0.15) is 23.8 Å². The molecule has 1 aromatic rings. The Labute approximate surface area is 110 Å². The summed E-state index contributed by atoms with van der Waals surface area (Å²) in [6.45, 7) is 1.44. The van der Waals surface area contributed by atoms with E-state index in [4.69, 9.17) is 4.74 Å². The summed E-state index contributed by atoms with van der Waals surface area (Å²) in [5.74, 6) is -1.13. The minimum Gasteiger partial charge on any atom is -0.487 e. The number of halogens is 1. The van der Waals surface area contributed by atoms with Crippen LogP contribution < -0.4 is 4.74 Å². The van der Waals surface area contributed by atoms with Crippen LogP contribution in [0.3, 0.4) is 0 Å². The van der Waals surface area contributed by atoms with Crippen molar-refractivity contribution < 1.29 is 27.8 Å². The maximum Gasteiger partial charge on any atom is 0.156 e. The first kappa shape index (κ1) is 14.2. The molecule has 2 N–H and O–H groups in total. The van der Waals surface area contributed by atoms with Crippen LogP contribution in [0.1, 0.15) is 18.6 Å². The molecule has 0 bridgehead atoms. The van der Waals surface area contributed by atoms with Crippen LogP contribution in [0.15, 0.2) is 18.2 Å². The van der Waals surface area contributed by atoms with Crippen molar-refractivity contribution in [1.29, 1.82) is 0 Å². The molecule has 0 radical (unpaired) electrons. The predicted molar refractivity (Wildman–Crippen MR) is 66.1 cm³/mol. The van der Waals surface area contributed by atoms with Crippen molar-refractivity contribution in [2.75, 3.05) is 11.5 Å². The van der Waals surface area contributed by atoms with Gasteiger partial charge < -0.3 is 14.9 Å². The van der Waals surface area contributed by atoms with Gasteiger partial charge in [-0.25, -0.2) is 12.8 Å². The summed E-state index contributed by atoms with van der Waals surface area (Å²) >= 11 is 0. The molecule has 2 rings (SSSR count). The van der Waals surface area contributed by atoms with Gasteiger partial charge in [0.05, 0.1) is 17.6 Å². The van der Waals surface area contributed by atoms with E-state index in [2.05, 4.69) is 0 Å². The lowest BCUT2D eigenvalue weighted by molar-refractivity contribution is 0.0734. The van der Waals surface area contributed by atoms with Crippen molar-refractivity contribution >= 4 is 9.84 Å². The highest BCUT2D eigenvalue weighted by atomic mass is 32.2. The Morgan fingerprint density at radius 3 is 2.58 bits per heavy atom. The number of sulfone groups is 1. The molecule has 1 aliphatic rings. The lowest BCUT2D eigenvalue weighted by Gasteiger charge is -2.16. The van der Waals surface area contributed by atoms with E-state index in [0.29, 0.717) is 0 Å². The molecule has 0 aromatic heterocycles. The van der Waals surface area contributed by atoms with E-state index in [0.717, 1.165) is 6.07 Å². The third-order valence-electron chi connectivity index (χ3n) is 2.98. The number of aliphatic hydroxyl groups is 2.